The third kappa shape index (κ3) is 2.40. The lowest BCUT2D eigenvalue weighted by Gasteiger charge is -2.22. The first-order chi connectivity index (χ1) is 7.68. The first-order valence-corrected chi connectivity index (χ1v) is 6.14. The number of benzene rings is 1. The van der Waals surface area contributed by atoms with Gasteiger partial charge < -0.3 is 5.73 Å². The Kier molecular flexibility index (Phi) is 3.54. The molecule has 0 saturated heterocycles. The van der Waals surface area contributed by atoms with Crippen molar-refractivity contribution >= 4 is 17.2 Å². The van der Waals surface area contributed by atoms with Gasteiger partial charge in [-0.05, 0) is 36.5 Å². The van der Waals surface area contributed by atoms with Gasteiger partial charge in [-0.25, -0.2) is 4.39 Å². The molecule has 0 bridgehead atoms. The molecule has 1 nitrogen and oxygen atoms in total. The molecule has 1 aromatic rings. The molecule has 1 atom stereocenters. The Hall–Kier alpha value is -0.960. The van der Waals surface area contributed by atoms with Gasteiger partial charge in [-0.3, -0.25) is 0 Å². The van der Waals surface area contributed by atoms with Crippen LogP contribution in [0.3, 0.4) is 0 Å². The molecule has 1 aliphatic carbocycles. The van der Waals surface area contributed by atoms with Crippen LogP contribution in [0.1, 0.15) is 37.2 Å². The first-order valence-electron chi connectivity index (χ1n) is 5.73. The number of halogens is 1. The van der Waals surface area contributed by atoms with Gasteiger partial charge in [-0.1, -0.05) is 37.2 Å². The van der Waals surface area contributed by atoms with Crippen LogP contribution in [-0.2, 0) is 0 Å². The molecule has 0 heterocycles. The van der Waals surface area contributed by atoms with Crippen LogP contribution in [0, 0.1) is 11.7 Å². The summed E-state index contributed by atoms with van der Waals surface area (Å²) in [7, 11) is 0. The minimum atomic E-state index is -0.211. The lowest BCUT2D eigenvalue weighted by atomic mass is 9.85. The summed E-state index contributed by atoms with van der Waals surface area (Å²) in [6.45, 7) is 0. The van der Waals surface area contributed by atoms with Crippen molar-refractivity contribution in [2.75, 3.05) is 0 Å². The van der Waals surface area contributed by atoms with Gasteiger partial charge >= 0.3 is 0 Å². The number of rotatable bonds is 3. The van der Waals surface area contributed by atoms with Crippen molar-refractivity contribution in [2.24, 2.45) is 11.7 Å². The zero-order valence-electron chi connectivity index (χ0n) is 9.16. The molecule has 0 spiro atoms. The van der Waals surface area contributed by atoms with Crippen LogP contribution in [0.5, 0.6) is 0 Å². The first kappa shape index (κ1) is 11.5. The zero-order valence-corrected chi connectivity index (χ0v) is 9.97. The van der Waals surface area contributed by atoms with Gasteiger partial charge in [0, 0.05) is 5.92 Å². The van der Waals surface area contributed by atoms with Crippen LogP contribution in [0.15, 0.2) is 24.3 Å². The maximum atomic E-state index is 12.9. The highest BCUT2D eigenvalue weighted by molar-refractivity contribution is 7.80. The molecule has 0 aromatic heterocycles. The van der Waals surface area contributed by atoms with E-state index in [0.29, 0.717) is 10.9 Å². The zero-order chi connectivity index (χ0) is 11.5. The molecule has 1 aliphatic rings. The maximum Gasteiger partial charge on any atom is 0.123 e. The van der Waals surface area contributed by atoms with Crippen LogP contribution in [0.4, 0.5) is 4.39 Å². The van der Waals surface area contributed by atoms with Crippen molar-refractivity contribution in [1.82, 2.24) is 0 Å². The second kappa shape index (κ2) is 4.91. The predicted octanol–water partition coefficient (Wildman–Crippen LogP) is 3.39. The SMILES string of the molecule is NC(=S)C(c1ccc(F)cc1)C1CCCC1. The van der Waals surface area contributed by atoms with Crippen LogP contribution in [-0.4, -0.2) is 4.99 Å². The number of nitrogens with two attached hydrogens (primary N) is 1. The number of thiocarbonyl (C=S) groups is 1. The van der Waals surface area contributed by atoms with Gasteiger partial charge in [-0.2, -0.15) is 0 Å². The summed E-state index contributed by atoms with van der Waals surface area (Å²) < 4.78 is 12.9. The smallest absolute Gasteiger partial charge is 0.123 e. The summed E-state index contributed by atoms with van der Waals surface area (Å²) in [6, 6.07) is 6.57. The quantitative estimate of drug-likeness (QED) is 0.815. The van der Waals surface area contributed by atoms with E-state index in [1.165, 1.54) is 37.8 Å². The topological polar surface area (TPSA) is 26.0 Å². The molecule has 86 valence electrons. The Morgan fingerprint density at radius 3 is 2.31 bits per heavy atom. The van der Waals surface area contributed by atoms with Crippen LogP contribution in [0.25, 0.3) is 0 Å². The van der Waals surface area contributed by atoms with Crippen molar-refractivity contribution in [3.05, 3.63) is 35.6 Å². The van der Waals surface area contributed by atoms with E-state index in [9.17, 15) is 4.39 Å². The average Bonchev–Trinajstić information content (AvgIpc) is 2.74. The highest BCUT2D eigenvalue weighted by atomic mass is 32.1. The van der Waals surface area contributed by atoms with Gasteiger partial charge in [-0.15, -0.1) is 0 Å². The number of hydrogen-bond donors (Lipinski definition) is 1. The van der Waals surface area contributed by atoms with E-state index in [4.69, 9.17) is 18.0 Å². The summed E-state index contributed by atoms with van der Waals surface area (Å²) >= 11 is 5.15. The van der Waals surface area contributed by atoms with Crippen molar-refractivity contribution in [1.29, 1.82) is 0 Å². The van der Waals surface area contributed by atoms with E-state index < -0.39 is 0 Å². The Morgan fingerprint density at radius 1 is 1.25 bits per heavy atom. The Labute approximate surface area is 101 Å². The second-order valence-electron chi connectivity index (χ2n) is 4.48. The molecule has 0 radical (unpaired) electrons. The molecule has 0 aliphatic heterocycles. The highest BCUT2D eigenvalue weighted by Crippen LogP contribution is 2.37. The third-order valence-corrected chi connectivity index (χ3v) is 3.66. The molecule has 0 amide bonds. The molecule has 2 N–H and O–H groups in total. The number of hydrogen-bond acceptors (Lipinski definition) is 1. The molecule has 1 unspecified atom stereocenters. The molecule has 1 fully saturated rings. The molecule has 2 rings (SSSR count). The van der Waals surface area contributed by atoms with Crippen LogP contribution < -0.4 is 5.73 Å². The summed E-state index contributed by atoms with van der Waals surface area (Å²) in [5.41, 5.74) is 6.88. The van der Waals surface area contributed by atoms with Crippen molar-refractivity contribution in [3.63, 3.8) is 0 Å². The van der Waals surface area contributed by atoms with Gasteiger partial charge in [0.15, 0.2) is 0 Å². The lowest BCUT2D eigenvalue weighted by Crippen LogP contribution is -2.25. The molecule has 16 heavy (non-hydrogen) atoms. The van der Waals surface area contributed by atoms with E-state index in [1.54, 1.807) is 12.1 Å². The summed E-state index contributed by atoms with van der Waals surface area (Å²) in [5.74, 6) is 0.456. The molecular formula is C13H16FNS. The van der Waals surface area contributed by atoms with E-state index in [0.717, 1.165) is 5.56 Å². The van der Waals surface area contributed by atoms with Gasteiger partial charge in [0.25, 0.3) is 0 Å². The third-order valence-electron chi connectivity index (χ3n) is 3.41. The summed E-state index contributed by atoms with van der Waals surface area (Å²) in [4.78, 5) is 0.540. The Balaban J connectivity index is 2.24. The molecule has 1 saturated carbocycles. The monoisotopic (exact) mass is 237 g/mol. The fraction of sp³-hybridized carbons (Fsp3) is 0.462. The maximum absolute atomic E-state index is 12.9. The van der Waals surface area contributed by atoms with Gasteiger partial charge in [0.05, 0.1) is 4.99 Å². The Morgan fingerprint density at radius 2 is 1.81 bits per heavy atom. The van der Waals surface area contributed by atoms with Crippen molar-refractivity contribution < 1.29 is 4.39 Å². The fourth-order valence-corrected chi connectivity index (χ4v) is 2.96. The molecule has 3 heteroatoms. The normalized spacial score (nSPS) is 18.6. The van der Waals surface area contributed by atoms with E-state index in [1.807, 2.05) is 0 Å². The van der Waals surface area contributed by atoms with Crippen molar-refractivity contribution in [2.45, 2.75) is 31.6 Å². The van der Waals surface area contributed by atoms with Crippen molar-refractivity contribution in [3.8, 4) is 0 Å². The standard InChI is InChI=1S/C13H16FNS/c14-11-7-5-10(6-8-11)12(13(15)16)9-3-1-2-4-9/h5-9,12H,1-4H2,(H2,15,16). The minimum absolute atomic E-state index is 0.123. The average molecular weight is 237 g/mol. The van der Waals surface area contributed by atoms with E-state index >= 15 is 0 Å². The van der Waals surface area contributed by atoms with Crippen LogP contribution >= 0.6 is 12.2 Å². The molecular weight excluding hydrogens is 221 g/mol. The van der Waals surface area contributed by atoms with Crippen LogP contribution in [0.2, 0.25) is 0 Å². The predicted molar refractivity (Wildman–Crippen MR) is 67.9 cm³/mol. The van der Waals surface area contributed by atoms with Gasteiger partial charge in [0.2, 0.25) is 0 Å². The fourth-order valence-electron chi connectivity index (χ4n) is 2.63. The van der Waals surface area contributed by atoms with E-state index in [2.05, 4.69) is 0 Å². The van der Waals surface area contributed by atoms with Gasteiger partial charge in [0.1, 0.15) is 5.82 Å². The summed E-state index contributed by atoms with van der Waals surface area (Å²) in [6.07, 6.45) is 4.87. The molecule has 1 aromatic carbocycles. The highest BCUT2D eigenvalue weighted by Gasteiger charge is 2.28. The lowest BCUT2D eigenvalue weighted by molar-refractivity contribution is 0.513. The summed E-state index contributed by atoms with van der Waals surface area (Å²) in [5, 5.41) is 0. The minimum Gasteiger partial charge on any atom is -0.393 e. The van der Waals surface area contributed by atoms with E-state index in [-0.39, 0.29) is 11.7 Å². The largest absolute Gasteiger partial charge is 0.393 e. The Bertz CT molecular complexity index is 368. The second-order valence-corrected chi connectivity index (χ2v) is 4.95.